The molecule has 6 nitrogen and oxygen atoms in total. The van der Waals surface area contributed by atoms with E-state index < -0.39 is 26.7 Å². The first-order chi connectivity index (χ1) is 12.7. The maximum Gasteiger partial charge on any atom is 0.416 e. The zero-order valence-corrected chi connectivity index (χ0v) is 14.5. The second-order valence-corrected chi connectivity index (χ2v) is 7.07. The van der Waals surface area contributed by atoms with Crippen molar-refractivity contribution in [3.8, 4) is 0 Å². The van der Waals surface area contributed by atoms with Crippen LogP contribution in [0.2, 0.25) is 0 Å². The molecule has 0 aliphatic rings. The number of rotatable bonds is 7. The van der Waals surface area contributed by atoms with Crippen LogP contribution in [0.4, 0.5) is 18.9 Å². The summed E-state index contributed by atoms with van der Waals surface area (Å²) in [5, 5.41) is 8.69. The van der Waals surface area contributed by atoms with Crippen molar-refractivity contribution in [2.45, 2.75) is 11.1 Å². The molecule has 0 amide bonds. The predicted octanol–water partition coefficient (Wildman–Crippen LogP) is 3.07. The van der Waals surface area contributed by atoms with Crippen molar-refractivity contribution in [1.82, 2.24) is 5.48 Å². The first-order valence-electron chi connectivity index (χ1n) is 7.49. The van der Waals surface area contributed by atoms with Crippen molar-refractivity contribution < 1.29 is 31.6 Å². The maximum absolute atomic E-state index is 12.8. The van der Waals surface area contributed by atoms with Gasteiger partial charge in [-0.2, -0.15) is 13.2 Å². The Morgan fingerprint density at radius 3 is 2.44 bits per heavy atom. The highest BCUT2D eigenvalue weighted by atomic mass is 32.2. The van der Waals surface area contributed by atoms with Gasteiger partial charge in [0.1, 0.15) is 6.29 Å². The maximum atomic E-state index is 12.8. The summed E-state index contributed by atoms with van der Waals surface area (Å²) >= 11 is 0. The van der Waals surface area contributed by atoms with E-state index >= 15 is 0 Å². The number of para-hydroxylation sites is 1. The van der Waals surface area contributed by atoms with Crippen LogP contribution in [0.25, 0.3) is 6.08 Å². The van der Waals surface area contributed by atoms with Crippen LogP contribution in [0.5, 0.6) is 0 Å². The van der Waals surface area contributed by atoms with Crippen molar-refractivity contribution >= 4 is 28.1 Å². The first kappa shape index (κ1) is 20.6. The zero-order chi connectivity index (χ0) is 20.1. The number of anilines is 1. The van der Waals surface area contributed by atoms with E-state index in [-0.39, 0.29) is 17.8 Å². The molecule has 0 heterocycles. The molecular formula is C17H15F3N2O4S. The Kier molecular flexibility index (Phi) is 6.37. The van der Waals surface area contributed by atoms with Crippen molar-refractivity contribution in [3.63, 3.8) is 0 Å². The zero-order valence-electron chi connectivity index (χ0n) is 13.7. The predicted molar refractivity (Wildman–Crippen MR) is 92.5 cm³/mol. The summed E-state index contributed by atoms with van der Waals surface area (Å²) in [6.45, 7) is -0.168. The van der Waals surface area contributed by atoms with Crippen LogP contribution < -0.4 is 10.2 Å². The van der Waals surface area contributed by atoms with Crippen LogP contribution >= 0.6 is 0 Å². The minimum atomic E-state index is -4.68. The number of hydrogen-bond donors (Lipinski definition) is 3. The fourth-order valence-corrected chi connectivity index (χ4v) is 3.31. The van der Waals surface area contributed by atoms with Crippen LogP contribution in [-0.2, 0) is 21.0 Å². The molecule has 2 rings (SSSR count). The number of benzene rings is 2. The minimum absolute atomic E-state index is 0.0622. The Labute approximate surface area is 153 Å². The molecule has 27 heavy (non-hydrogen) atoms. The Bertz CT molecular complexity index is 957. The van der Waals surface area contributed by atoms with E-state index in [0.717, 1.165) is 18.2 Å². The Balaban J connectivity index is 2.41. The van der Waals surface area contributed by atoms with Gasteiger partial charge in [0.25, 0.3) is 10.0 Å². The molecule has 0 radical (unpaired) electrons. The van der Waals surface area contributed by atoms with E-state index in [0.29, 0.717) is 17.9 Å². The SMILES string of the molecule is O=C/C(=C\c1ccccc1NS(=O)(=O)c1cccc(C(F)(F)F)c1)CNO. The fourth-order valence-electron chi connectivity index (χ4n) is 2.18. The van der Waals surface area contributed by atoms with Gasteiger partial charge in [-0.05, 0) is 35.9 Å². The molecule has 3 N–H and O–H groups in total. The number of hydroxylamine groups is 1. The molecule has 144 valence electrons. The van der Waals surface area contributed by atoms with Gasteiger partial charge < -0.3 is 5.21 Å². The van der Waals surface area contributed by atoms with E-state index in [9.17, 15) is 26.4 Å². The van der Waals surface area contributed by atoms with Crippen LogP contribution in [-0.4, -0.2) is 26.5 Å². The highest BCUT2D eigenvalue weighted by Gasteiger charge is 2.31. The van der Waals surface area contributed by atoms with E-state index in [1.165, 1.54) is 24.3 Å². The van der Waals surface area contributed by atoms with Gasteiger partial charge in [-0.15, -0.1) is 0 Å². The smallest absolute Gasteiger partial charge is 0.316 e. The average Bonchev–Trinajstić information content (AvgIpc) is 2.62. The molecule has 0 unspecified atom stereocenters. The third kappa shape index (κ3) is 5.39. The van der Waals surface area contributed by atoms with Crippen LogP contribution in [0, 0.1) is 0 Å². The lowest BCUT2D eigenvalue weighted by Gasteiger charge is -2.13. The molecule has 0 bridgehead atoms. The number of carbonyl (C=O) groups excluding carboxylic acids is 1. The summed E-state index contributed by atoms with van der Waals surface area (Å²) in [4.78, 5) is 10.4. The normalized spacial score (nSPS) is 12.7. The molecule has 0 spiro atoms. The summed E-state index contributed by atoms with van der Waals surface area (Å²) in [5.41, 5.74) is 1.21. The van der Waals surface area contributed by atoms with Crippen molar-refractivity contribution in [3.05, 3.63) is 65.2 Å². The van der Waals surface area contributed by atoms with Crippen LogP contribution in [0.3, 0.4) is 0 Å². The summed E-state index contributed by atoms with van der Waals surface area (Å²) in [5.74, 6) is 0. The monoisotopic (exact) mass is 400 g/mol. The summed E-state index contributed by atoms with van der Waals surface area (Å²) in [6, 6.07) is 9.36. The van der Waals surface area contributed by atoms with Gasteiger partial charge in [-0.3, -0.25) is 9.52 Å². The second-order valence-electron chi connectivity index (χ2n) is 5.39. The average molecular weight is 400 g/mol. The van der Waals surface area contributed by atoms with Crippen molar-refractivity contribution in [2.24, 2.45) is 0 Å². The van der Waals surface area contributed by atoms with Gasteiger partial charge in [-0.1, -0.05) is 24.3 Å². The van der Waals surface area contributed by atoms with Gasteiger partial charge in [0.15, 0.2) is 0 Å². The Morgan fingerprint density at radius 1 is 1.11 bits per heavy atom. The van der Waals surface area contributed by atoms with E-state index in [2.05, 4.69) is 4.72 Å². The summed E-state index contributed by atoms with van der Waals surface area (Å²) < 4.78 is 65.7. The number of sulfonamides is 1. The third-order valence-electron chi connectivity index (χ3n) is 3.45. The largest absolute Gasteiger partial charge is 0.416 e. The van der Waals surface area contributed by atoms with Crippen molar-refractivity contribution in [2.75, 3.05) is 11.3 Å². The molecule has 0 aliphatic carbocycles. The topological polar surface area (TPSA) is 95.5 Å². The molecule has 0 aliphatic heterocycles. The third-order valence-corrected chi connectivity index (χ3v) is 4.82. The molecule has 0 saturated carbocycles. The molecular weight excluding hydrogens is 385 g/mol. The Hall–Kier alpha value is -2.69. The van der Waals surface area contributed by atoms with E-state index in [1.54, 1.807) is 6.07 Å². The van der Waals surface area contributed by atoms with Crippen LogP contribution in [0.15, 0.2) is 59.0 Å². The highest BCUT2D eigenvalue weighted by molar-refractivity contribution is 7.92. The first-order valence-corrected chi connectivity index (χ1v) is 8.97. The lowest BCUT2D eigenvalue weighted by Crippen LogP contribution is -2.15. The van der Waals surface area contributed by atoms with Crippen molar-refractivity contribution in [1.29, 1.82) is 0 Å². The minimum Gasteiger partial charge on any atom is -0.316 e. The molecule has 0 saturated heterocycles. The van der Waals surface area contributed by atoms with E-state index in [1.807, 2.05) is 5.48 Å². The standard InChI is InChI=1S/C17H15F3N2O4S/c18-17(19,20)14-5-3-6-15(9-14)27(25,26)22-16-7-2-1-4-13(16)8-12(11-23)10-21-24/h1-9,11,21-22,24H,10H2/b12-8-. The van der Waals surface area contributed by atoms with E-state index in [4.69, 9.17) is 5.21 Å². The Morgan fingerprint density at radius 2 is 1.81 bits per heavy atom. The molecule has 0 atom stereocenters. The van der Waals surface area contributed by atoms with Gasteiger partial charge in [0.2, 0.25) is 0 Å². The molecule has 0 fully saturated rings. The summed E-state index contributed by atoms with van der Waals surface area (Å²) in [6.07, 6.45) is -2.87. The van der Waals surface area contributed by atoms with Gasteiger partial charge >= 0.3 is 6.18 Å². The molecule has 2 aromatic carbocycles. The quantitative estimate of drug-likeness (QED) is 0.377. The number of hydrogen-bond acceptors (Lipinski definition) is 5. The number of halogens is 3. The second kappa shape index (κ2) is 8.33. The molecule has 2 aromatic rings. The lowest BCUT2D eigenvalue weighted by molar-refractivity contribution is -0.137. The van der Waals surface area contributed by atoms with Crippen LogP contribution in [0.1, 0.15) is 11.1 Å². The number of carbonyl (C=O) groups is 1. The number of aldehydes is 1. The van der Waals surface area contributed by atoms with Gasteiger partial charge in [-0.25, -0.2) is 13.9 Å². The summed E-state index contributed by atoms with van der Waals surface area (Å²) in [7, 11) is -4.31. The molecule has 0 aromatic heterocycles. The van der Waals surface area contributed by atoms with Gasteiger partial charge in [0, 0.05) is 12.1 Å². The molecule has 10 heteroatoms. The number of alkyl halides is 3. The highest BCUT2D eigenvalue weighted by Crippen LogP contribution is 2.31. The lowest BCUT2D eigenvalue weighted by atomic mass is 10.1. The van der Waals surface area contributed by atoms with Gasteiger partial charge in [0.05, 0.1) is 16.1 Å². The number of nitrogens with one attached hydrogen (secondary N) is 2. The fraction of sp³-hybridized carbons (Fsp3) is 0.118.